The highest BCUT2D eigenvalue weighted by Gasteiger charge is 2.65. The molecule has 0 bridgehead atoms. The summed E-state index contributed by atoms with van der Waals surface area (Å²) in [4.78, 5) is 27.2. The monoisotopic (exact) mass is 598 g/mol. The molecule has 6 rings (SSSR count). The van der Waals surface area contributed by atoms with E-state index >= 15 is 0 Å². The van der Waals surface area contributed by atoms with Crippen LogP contribution in [0.1, 0.15) is 103 Å². The Morgan fingerprint density at radius 3 is 2.16 bits per heavy atom. The third-order valence-electron chi connectivity index (χ3n) is 13.2. The maximum Gasteiger partial charge on any atom is 0.306 e. The summed E-state index contributed by atoms with van der Waals surface area (Å²) in [6.45, 7) is 10.7. The van der Waals surface area contributed by atoms with Gasteiger partial charge in [-0.3, -0.25) is 9.59 Å². The Morgan fingerprint density at radius 1 is 0.841 bits per heavy atom. The molecule has 0 radical (unpaired) electrons. The van der Waals surface area contributed by atoms with Crippen LogP contribution in [0, 0.1) is 52.3 Å². The number of ketones is 1. The molecule has 4 heteroatoms. The summed E-state index contributed by atoms with van der Waals surface area (Å²) < 4.78 is 12.1. The fourth-order valence-corrected chi connectivity index (χ4v) is 10.9. The molecule has 4 nitrogen and oxygen atoms in total. The minimum absolute atomic E-state index is 0.0975. The van der Waals surface area contributed by atoms with Crippen molar-refractivity contribution in [3.63, 3.8) is 0 Å². The highest BCUT2D eigenvalue weighted by atomic mass is 16.5. The van der Waals surface area contributed by atoms with E-state index in [1.54, 1.807) is 0 Å². The Kier molecular flexibility index (Phi) is 9.39. The van der Waals surface area contributed by atoms with E-state index in [1.807, 2.05) is 30.3 Å². The van der Waals surface area contributed by atoms with Crippen LogP contribution in [0.15, 0.2) is 60.7 Å². The number of hydrogen-bond acceptors (Lipinski definition) is 4. The lowest BCUT2D eigenvalue weighted by molar-refractivity contribution is -0.176. The molecule has 4 aliphatic carbocycles. The Bertz CT molecular complexity index is 1270. The zero-order valence-electron chi connectivity index (χ0n) is 27.5. The van der Waals surface area contributed by atoms with Gasteiger partial charge in [-0.2, -0.15) is 0 Å². The van der Waals surface area contributed by atoms with Gasteiger partial charge in [-0.25, -0.2) is 0 Å². The lowest BCUT2D eigenvalue weighted by atomic mass is 9.42. The van der Waals surface area contributed by atoms with Crippen LogP contribution in [0.4, 0.5) is 0 Å². The van der Waals surface area contributed by atoms with Crippen LogP contribution in [0.3, 0.4) is 0 Å². The summed E-state index contributed by atoms with van der Waals surface area (Å²) in [5.41, 5.74) is 2.66. The van der Waals surface area contributed by atoms with Crippen LogP contribution >= 0.6 is 0 Å². The minimum atomic E-state index is -0.0975. The van der Waals surface area contributed by atoms with Crippen molar-refractivity contribution < 1.29 is 19.1 Å². The largest absolute Gasteiger partial charge is 0.461 e. The number of carbonyl (C=O) groups is 2. The van der Waals surface area contributed by atoms with Gasteiger partial charge in [0, 0.05) is 18.3 Å². The van der Waals surface area contributed by atoms with Gasteiger partial charge in [0.15, 0.2) is 0 Å². The first-order valence-electron chi connectivity index (χ1n) is 17.6. The van der Waals surface area contributed by atoms with Gasteiger partial charge in [0.25, 0.3) is 0 Å². The van der Waals surface area contributed by atoms with Crippen molar-refractivity contribution in [1.82, 2.24) is 0 Å². The molecule has 10 atom stereocenters. The molecule has 0 spiro atoms. The standard InChI is InChI=1S/C40H54O4/c1-5-31-35-24-30(43-25-28-12-8-6-9-13-28)20-22-40(35,4)34-21-23-39(3)32(17-18-33(39)37(34)38(31)42)27(2)16-19-36(41)44-26-29-14-10-7-11-15-29/h6-15,27,30-35,37H,5,16-26H2,1-4H3/t27-,30-,31-,32-,33+,34+,35+,37+,39-,40-/m1/s1. The van der Waals surface area contributed by atoms with Crippen molar-refractivity contribution in [1.29, 1.82) is 0 Å². The molecule has 4 aliphatic rings. The van der Waals surface area contributed by atoms with E-state index in [1.165, 1.54) is 31.2 Å². The molecule has 2 aromatic rings. The lowest BCUT2D eigenvalue weighted by Gasteiger charge is -2.62. The maximum atomic E-state index is 14.5. The van der Waals surface area contributed by atoms with Crippen LogP contribution < -0.4 is 0 Å². The van der Waals surface area contributed by atoms with Gasteiger partial charge in [-0.15, -0.1) is 0 Å². The summed E-state index contributed by atoms with van der Waals surface area (Å²) in [5, 5.41) is 0. The second-order valence-electron chi connectivity index (χ2n) is 15.4. The Balaban J connectivity index is 1.10. The average Bonchev–Trinajstić information content (AvgIpc) is 3.40. The topological polar surface area (TPSA) is 52.6 Å². The van der Waals surface area contributed by atoms with Gasteiger partial charge in [0.2, 0.25) is 0 Å². The number of carbonyl (C=O) groups excluding carboxylic acids is 2. The van der Waals surface area contributed by atoms with Crippen molar-refractivity contribution in [2.45, 2.75) is 111 Å². The number of rotatable bonds is 10. The first-order chi connectivity index (χ1) is 21.2. The number of Topliss-reactive ketones (excluding diaryl/α,β-unsaturated/α-hetero) is 1. The fraction of sp³-hybridized carbons (Fsp3) is 0.650. The quantitative estimate of drug-likeness (QED) is 0.256. The average molecular weight is 599 g/mol. The van der Waals surface area contributed by atoms with Crippen LogP contribution in [0.2, 0.25) is 0 Å². The summed E-state index contributed by atoms with van der Waals surface area (Å²) in [6, 6.07) is 20.4. The molecule has 0 aliphatic heterocycles. The summed E-state index contributed by atoms with van der Waals surface area (Å²) >= 11 is 0. The summed E-state index contributed by atoms with van der Waals surface area (Å²) in [6.07, 6.45) is 10.6. The molecule has 4 fully saturated rings. The van der Waals surface area contributed by atoms with Gasteiger partial charge in [0.1, 0.15) is 12.4 Å². The molecule has 0 amide bonds. The first kappa shape index (κ1) is 31.5. The van der Waals surface area contributed by atoms with Gasteiger partial charge in [0.05, 0.1) is 12.7 Å². The lowest BCUT2D eigenvalue weighted by Crippen LogP contribution is -2.60. The van der Waals surface area contributed by atoms with Gasteiger partial charge in [-0.1, -0.05) is 88.4 Å². The van der Waals surface area contributed by atoms with Crippen molar-refractivity contribution in [3.05, 3.63) is 71.8 Å². The van der Waals surface area contributed by atoms with Gasteiger partial charge in [-0.05, 0) is 109 Å². The van der Waals surface area contributed by atoms with Crippen molar-refractivity contribution in [2.75, 3.05) is 0 Å². The molecule has 44 heavy (non-hydrogen) atoms. The van der Waals surface area contributed by atoms with Crippen molar-refractivity contribution in [3.8, 4) is 0 Å². The third-order valence-corrected chi connectivity index (χ3v) is 13.2. The second-order valence-corrected chi connectivity index (χ2v) is 15.4. The van der Waals surface area contributed by atoms with Crippen LogP contribution in [0.25, 0.3) is 0 Å². The third kappa shape index (κ3) is 5.93. The van der Waals surface area contributed by atoms with E-state index in [2.05, 4.69) is 58.0 Å². The van der Waals surface area contributed by atoms with Gasteiger partial charge >= 0.3 is 5.97 Å². The molecule has 0 N–H and O–H groups in total. The van der Waals surface area contributed by atoms with Crippen LogP contribution in [0.5, 0.6) is 0 Å². The number of benzene rings is 2. The van der Waals surface area contributed by atoms with Gasteiger partial charge < -0.3 is 9.47 Å². The van der Waals surface area contributed by atoms with E-state index in [-0.39, 0.29) is 34.7 Å². The molecular formula is C40H54O4. The Morgan fingerprint density at radius 2 is 1.48 bits per heavy atom. The summed E-state index contributed by atoms with van der Waals surface area (Å²) in [7, 11) is 0. The Hall–Kier alpha value is -2.46. The molecule has 2 aromatic carbocycles. The first-order valence-corrected chi connectivity index (χ1v) is 17.6. The van der Waals surface area contributed by atoms with E-state index in [4.69, 9.17) is 9.47 Å². The SMILES string of the molecule is CC[C@H]1C(=O)[C@@H]2[C@H](CC[C@]3(C)[C@@H]([C@H](C)CCC(=O)OCc4ccccc4)CC[C@@H]23)[C@@]2(C)CC[C@@H](OCc3ccccc3)C[C@@H]12. The minimum Gasteiger partial charge on any atom is -0.461 e. The summed E-state index contributed by atoms with van der Waals surface area (Å²) in [5.74, 6) is 3.26. The molecular weight excluding hydrogens is 544 g/mol. The smallest absolute Gasteiger partial charge is 0.306 e. The fourth-order valence-electron chi connectivity index (χ4n) is 10.9. The van der Waals surface area contributed by atoms with Crippen LogP contribution in [-0.4, -0.2) is 17.9 Å². The zero-order valence-corrected chi connectivity index (χ0v) is 27.5. The van der Waals surface area contributed by atoms with E-state index in [9.17, 15) is 9.59 Å². The molecule has 4 saturated carbocycles. The maximum absolute atomic E-state index is 14.5. The van der Waals surface area contributed by atoms with E-state index < -0.39 is 0 Å². The molecule has 0 saturated heterocycles. The number of esters is 1. The predicted octanol–water partition coefficient (Wildman–Crippen LogP) is 9.21. The number of fused-ring (bicyclic) bond motifs is 5. The number of hydrogen-bond donors (Lipinski definition) is 0. The highest BCUT2D eigenvalue weighted by Crippen LogP contribution is 2.68. The Labute approximate surface area is 265 Å². The van der Waals surface area contributed by atoms with Crippen molar-refractivity contribution in [2.24, 2.45) is 52.3 Å². The normalized spacial score (nSPS) is 37.0. The molecule has 238 valence electrons. The zero-order chi connectivity index (χ0) is 30.9. The molecule has 0 heterocycles. The van der Waals surface area contributed by atoms with Crippen molar-refractivity contribution >= 4 is 11.8 Å². The van der Waals surface area contributed by atoms with E-state index in [0.29, 0.717) is 55.0 Å². The van der Waals surface area contributed by atoms with Crippen LogP contribution in [-0.2, 0) is 32.3 Å². The second kappa shape index (κ2) is 13.1. The number of ether oxygens (including phenoxy) is 2. The molecule has 0 aromatic heterocycles. The van der Waals surface area contributed by atoms with E-state index in [0.717, 1.165) is 37.7 Å². The predicted molar refractivity (Wildman–Crippen MR) is 174 cm³/mol. The molecule has 0 unspecified atom stereocenters. The highest BCUT2D eigenvalue weighted by molar-refractivity contribution is 5.86.